The van der Waals surface area contributed by atoms with E-state index in [9.17, 15) is 9.59 Å². The van der Waals surface area contributed by atoms with Crippen LogP contribution in [0.15, 0.2) is 0 Å². The lowest BCUT2D eigenvalue weighted by Crippen LogP contribution is -2.58. The molecule has 1 aliphatic heterocycles. The summed E-state index contributed by atoms with van der Waals surface area (Å²) >= 11 is 0. The van der Waals surface area contributed by atoms with Crippen LogP contribution in [0.5, 0.6) is 0 Å². The van der Waals surface area contributed by atoms with Gasteiger partial charge in [-0.25, -0.2) is 0 Å². The van der Waals surface area contributed by atoms with Crippen molar-refractivity contribution in [2.75, 3.05) is 39.8 Å². The Balaban J connectivity index is 1.77. The summed E-state index contributed by atoms with van der Waals surface area (Å²) < 4.78 is 0. The number of carbonyl (C=O) groups excluding carboxylic acids is 2. The second-order valence-electron chi connectivity index (χ2n) is 7.59. The van der Waals surface area contributed by atoms with Crippen LogP contribution in [0.4, 0.5) is 0 Å². The fraction of sp³-hybridized carbons (Fsp3) is 0.882. The molecule has 23 heavy (non-hydrogen) atoms. The Bertz CT molecular complexity index is 419. The lowest BCUT2D eigenvalue weighted by molar-refractivity contribution is -0.138. The van der Waals surface area contributed by atoms with Gasteiger partial charge in [-0.3, -0.25) is 14.5 Å². The minimum atomic E-state index is -0.820. The summed E-state index contributed by atoms with van der Waals surface area (Å²) in [6, 6.07) is 0.414. The average molecular weight is 324 g/mol. The van der Waals surface area contributed by atoms with Crippen molar-refractivity contribution in [1.29, 1.82) is 0 Å². The van der Waals surface area contributed by atoms with Crippen molar-refractivity contribution in [2.24, 2.45) is 5.73 Å². The molecule has 6 heteroatoms. The summed E-state index contributed by atoms with van der Waals surface area (Å²) in [5.74, 6) is 0.193. The van der Waals surface area contributed by atoms with Crippen molar-refractivity contribution >= 4 is 11.8 Å². The Labute approximate surface area is 140 Å². The first-order valence-electron chi connectivity index (χ1n) is 8.85. The van der Waals surface area contributed by atoms with Gasteiger partial charge in [0, 0.05) is 39.3 Å². The summed E-state index contributed by atoms with van der Waals surface area (Å²) in [7, 11) is 1.94. The van der Waals surface area contributed by atoms with E-state index >= 15 is 0 Å². The summed E-state index contributed by atoms with van der Waals surface area (Å²) in [4.78, 5) is 30.5. The number of likely N-dealkylation sites (N-methyl/N-ethyl adjacent to an activating group) is 1. The van der Waals surface area contributed by atoms with E-state index in [0.29, 0.717) is 25.7 Å². The zero-order valence-electron chi connectivity index (χ0n) is 14.9. The SMILES string of the molecule is CN(C(=O)CN1CCN(C(=O)C(C)(C)N)CC1)C1CCCCC1. The number of hydrogen-bond acceptors (Lipinski definition) is 4. The summed E-state index contributed by atoms with van der Waals surface area (Å²) in [5.41, 5.74) is 5.06. The Morgan fingerprint density at radius 2 is 1.65 bits per heavy atom. The molecule has 0 aromatic heterocycles. The molecule has 0 radical (unpaired) electrons. The average Bonchev–Trinajstić information content (AvgIpc) is 2.54. The summed E-state index contributed by atoms with van der Waals surface area (Å²) in [5, 5.41) is 0. The highest BCUT2D eigenvalue weighted by molar-refractivity contribution is 5.85. The molecule has 6 nitrogen and oxygen atoms in total. The first-order valence-corrected chi connectivity index (χ1v) is 8.85. The van der Waals surface area contributed by atoms with Gasteiger partial charge in [0.05, 0.1) is 12.1 Å². The molecular formula is C17H32N4O2. The molecule has 0 atom stereocenters. The molecule has 1 aliphatic carbocycles. The highest BCUT2D eigenvalue weighted by atomic mass is 16.2. The van der Waals surface area contributed by atoms with Crippen LogP contribution in [0, 0.1) is 0 Å². The summed E-state index contributed by atoms with van der Waals surface area (Å²) in [6.07, 6.45) is 6.04. The van der Waals surface area contributed by atoms with Crippen molar-refractivity contribution in [3.63, 3.8) is 0 Å². The molecule has 0 unspecified atom stereocenters. The number of amides is 2. The molecule has 1 saturated carbocycles. The van der Waals surface area contributed by atoms with Crippen molar-refractivity contribution in [3.8, 4) is 0 Å². The van der Waals surface area contributed by atoms with Gasteiger partial charge in [0.1, 0.15) is 0 Å². The van der Waals surface area contributed by atoms with Crippen LogP contribution in [0.1, 0.15) is 46.0 Å². The summed E-state index contributed by atoms with van der Waals surface area (Å²) in [6.45, 7) is 6.73. The molecule has 2 aliphatic rings. The molecule has 132 valence electrons. The first kappa shape index (κ1) is 18.2. The minimum Gasteiger partial charge on any atom is -0.342 e. The van der Waals surface area contributed by atoms with Gasteiger partial charge in [0.2, 0.25) is 11.8 Å². The van der Waals surface area contributed by atoms with E-state index in [1.807, 2.05) is 16.8 Å². The molecule has 0 aromatic rings. The number of nitrogens with zero attached hydrogens (tertiary/aromatic N) is 3. The number of carbonyl (C=O) groups is 2. The second kappa shape index (κ2) is 7.62. The normalized spacial score (nSPS) is 21.3. The Morgan fingerprint density at radius 1 is 1.09 bits per heavy atom. The maximum atomic E-state index is 12.5. The molecule has 1 heterocycles. The zero-order chi connectivity index (χ0) is 17.0. The highest BCUT2D eigenvalue weighted by Gasteiger charge is 2.31. The van der Waals surface area contributed by atoms with Crippen molar-refractivity contribution in [2.45, 2.75) is 57.5 Å². The minimum absolute atomic E-state index is 0.0113. The van der Waals surface area contributed by atoms with E-state index in [4.69, 9.17) is 5.73 Å². The largest absolute Gasteiger partial charge is 0.342 e. The Kier molecular flexibility index (Phi) is 6.03. The molecule has 2 amide bonds. The van der Waals surface area contributed by atoms with Crippen molar-refractivity contribution < 1.29 is 9.59 Å². The molecular weight excluding hydrogens is 292 g/mol. The fourth-order valence-electron chi connectivity index (χ4n) is 3.49. The van der Waals surface area contributed by atoms with Gasteiger partial charge in [-0.1, -0.05) is 19.3 Å². The maximum Gasteiger partial charge on any atom is 0.242 e. The standard InChI is InChI=1S/C17H32N4O2/c1-17(2,18)16(23)21-11-9-20(10-12-21)13-15(22)19(3)14-7-5-4-6-8-14/h14H,4-13,18H2,1-3H3. The fourth-order valence-corrected chi connectivity index (χ4v) is 3.49. The molecule has 2 rings (SSSR count). The quantitative estimate of drug-likeness (QED) is 0.825. The van der Waals surface area contributed by atoms with Gasteiger partial charge in [0.25, 0.3) is 0 Å². The van der Waals surface area contributed by atoms with Gasteiger partial charge in [-0.05, 0) is 26.7 Å². The van der Waals surface area contributed by atoms with Crippen LogP contribution in [0.3, 0.4) is 0 Å². The third-order valence-corrected chi connectivity index (χ3v) is 5.09. The smallest absolute Gasteiger partial charge is 0.242 e. The van der Waals surface area contributed by atoms with E-state index in [1.54, 1.807) is 13.8 Å². The number of piperazine rings is 1. The predicted octanol–water partition coefficient (Wildman–Crippen LogP) is 0.659. The Hall–Kier alpha value is -1.14. The van der Waals surface area contributed by atoms with Crippen molar-refractivity contribution in [3.05, 3.63) is 0 Å². The molecule has 1 saturated heterocycles. The number of rotatable bonds is 4. The first-order chi connectivity index (χ1) is 10.8. The molecule has 0 aromatic carbocycles. The molecule has 2 fully saturated rings. The molecule has 0 bridgehead atoms. The third kappa shape index (κ3) is 4.91. The van der Waals surface area contributed by atoms with Gasteiger partial charge >= 0.3 is 0 Å². The highest BCUT2D eigenvalue weighted by Crippen LogP contribution is 2.21. The lowest BCUT2D eigenvalue weighted by atomic mass is 9.94. The number of hydrogen-bond donors (Lipinski definition) is 1. The van der Waals surface area contributed by atoms with Crippen molar-refractivity contribution in [1.82, 2.24) is 14.7 Å². The van der Waals surface area contributed by atoms with Crippen LogP contribution >= 0.6 is 0 Å². The van der Waals surface area contributed by atoms with Crippen LogP contribution in [-0.2, 0) is 9.59 Å². The van der Waals surface area contributed by atoms with Crippen LogP contribution in [0.25, 0.3) is 0 Å². The lowest BCUT2D eigenvalue weighted by Gasteiger charge is -2.38. The maximum absolute atomic E-state index is 12.5. The van der Waals surface area contributed by atoms with Gasteiger partial charge in [0.15, 0.2) is 0 Å². The number of nitrogens with two attached hydrogens (primary N) is 1. The predicted molar refractivity (Wildman–Crippen MR) is 90.9 cm³/mol. The second-order valence-corrected chi connectivity index (χ2v) is 7.59. The molecule has 2 N–H and O–H groups in total. The van der Waals surface area contributed by atoms with E-state index in [2.05, 4.69) is 4.90 Å². The van der Waals surface area contributed by atoms with E-state index < -0.39 is 5.54 Å². The Morgan fingerprint density at radius 3 is 2.17 bits per heavy atom. The van der Waals surface area contributed by atoms with Gasteiger partial charge < -0.3 is 15.5 Å². The van der Waals surface area contributed by atoms with Gasteiger partial charge in [-0.2, -0.15) is 0 Å². The van der Waals surface area contributed by atoms with E-state index in [-0.39, 0.29) is 11.8 Å². The topological polar surface area (TPSA) is 69.9 Å². The van der Waals surface area contributed by atoms with Crippen LogP contribution in [0.2, 0.25) is 0 Å². The van der Waals surface area contributed by atoms with Gasteiger partial charge in [-0.15, -0.1) is 0 Å². The van der Waals surface area contributed by atoms with Crippen LogP contribution in [-0.4, -0.2) is 77.9 Å². The van der Waals surface area contributed by atoms with E-state index in [0.717, 1.165) is 25.9 Å². The third-order valence-electron chi connectivity index (χ3n) is 5.09. The zero-order valence-corrected chi connectivity index (χ0v) is 14.9. The van der Waals surface area contributed by atoms with E-state index in [1.165, 1.54) is 19.3 Å². The monoisotopic (exact) mass is 324 g/mol. The molecule has 0 spiro atoms. The van der Waals surface area contributed by atoms with Crippen LogP contribution < -0.4 is 5.73 Å².